The van der Waals surface area contributed by atoms with Gasteiger partial charge in [0, 0.05) is 23.2 Å². The van der Waals surface area contributed by atoms with Crippen LogP contribution in [0, 0.1) is 5.92 Å². The molecular weight excluding hydrogens is 407 g/mol. The van der Waals surface area contributed by atoms with Crippen LogP contribution in [-0.2, 0) is 21.2 Å². The van der Waals surface area contributed by atoms with Gasteiger partial charge >= 0.3 is 0 Å². The van der Waals surface area contributed by atoms with E-state index in [-0.39, 0.29) is 26.8 Å². The molecule has 0 spiro atoms. The first-order valence-corrected chi connectivity index (χ1v) is 10.8. The van der Waals surface area contributed by atoms with Crippen LogP contribution in [0.25, 0.3) is 0 Å². The zero-order chi connectivity index (χ0) is 19.8. The average molecular weight is 427 g/mol. The molecule has 0 fully saturated rings. The van der Waals surface area contributed by atoms with E-state index < -0.39 is 10.0 Å². The number of aryl methyl sites for hydroxylation is 1. The number of anilines is 2. The predicted molar refractivity (Wildman–Crippen MR) is 109 cm³/mol. The zero-order valence-electron chi connectivity index (χ0n) is 15.0. The molecule has 0 unspecified atom stereocenters. The molecule has 0 bridgehead atoms. The highest BCUT2D eigenvalue weighted by molar-refractivity contribution is 7.92. The van der Waals surface area contributed by atoms with Crippen molar-refractivity contribution in [2.24, 2.45) is 5.92 Å². The number of nitrogens with one attached hydrogen (secondary N) is 1. The fourth-order valence-electron chi connectivity index (χ4n) is 3.07. The van der Waals surface area contributed by atoms with Crippen LogP contribution in [0.15, 0.2) is 41.3 Å². The van der Waals surface area contributed by atoms with E-state index in [0.717, 1.165) is 24.1 Å². The number of carbonyl (C=O) groups excluding carboxylic acids is 1. The number of fused-ring (bicyclic) bond motifs is 1. The number of nitrogens with zero attached hydrogens (tertiary/aromatic N) is 1. The number of benzene rings is 2. The number of halogens is 2. The minimum absolute atomic E-state index is 0.0221. The maximum atomic E-state index is 12.7. The molecule has 1 N–H and O–H groups in total. The van der Waals surface area contributed by atoms with Gasteiger partial charge in [0.25, 0.3) is 10.0 Å². The Morgan fingerprint density at radius 3 is 2.59 bits per heavy atom. The van der Waals surface area contributed by atoms with Crippen molar-refractivity contribution in [1.82, 2.24) is 0 Å². The van der Waals surface area contributed by atoms with Crippen molar-refractivity contribution in [1.29, 1.82) is 0 Å². The first kappa shape index (κ1) is 20.0. The van der Waals surface area contributed by atoms with Crippen LogP contribution in [0.1, 0.15) is 25.8 Å². The summed E-state index contributed by atoms with van der Waals surface area (Å²) in [6.45, 7) is 4.33. The molecule has 1 aliphatic heterocycles. The Hall–Kier alpha value is -1.76. The largest absolute Gasteiger partial charge is 0.312 e. The van der Waals surface area contributed by atoms with Gasteiger partial charge in [0.15, 0.2) is 0 Å². The van der Waals surface area contributed by atoms with Gasteiger partial charge in [0.05, 0.1) is 10.7 Å². The van der Waals surface area contributed by atoms with E-state index in [1.54, 1.807) is 17.0 Å². The van der Waals surface area contributed by atoms with Crippen molar-refractivity contribution < 1.29 is 13.2 Å². The molecule has 0 saturated carbocycles. The Balaban J connectivity index is 1.96. The monoisotopic (exact) mass is 426 g/mol. The molecular formula is C19H20Cl2N2O3S. The van der Waals surface area contributed by atoms with E-state index in [9.17, 15) is 13.2 Å². The third-order valence-electron chi connectivity index (χ3n) is 4.40. The number of sulfonamides is 1. The summed E-state index contributed by atoms with van der Waals surface area (Å²) in [4.78, 5) is 14.2. The summed E-state index contributed by atoms with van der Waals surface area (Å²) in [5, 5.41) is 0.361. The van der Waals surface area contributed by atoms with E-state index in [2.05, 4.69) is 4.72 Å². The Morgan fingerprint density at radius 2 is 1.89 bits per heavy atom. The molecule has 2 aromatic rings. The van der Waals surface area contributed by atoms with Crippen LogP contribution in [0.5, 0.6) is 0 Å². The zero-order valence-corrected chi connectivity index (χ0v) is 17.3. The summed E-state index contributed by atoms with van der Waals surface area (Å²) in [5.41, 5.74) is 2.14. The molecule has 0 saturated heterocycles. The molecule has 1 aliphatic rings. The third kappa shape index (κ3) is 4.23. The lowest BCUT2D eigenvalue weighted by Crippen LogP contribution is -2.38. The molecule has 144 valence electrons. The van der Waals surface area contributed by atoms with Crippen LogP contribution >= 0.6 is 23.2 Å². The standard InChI is InChI=1S/C19H20Cl2N2O3S/c1-12(2)19(24)23-9-3-4-13-5-7-15(11-17(13)23)22-27(25,26)18-10-14(20)6-8-16(18)21/h5-8,10-12,22H,3-4,9H2,1-2H3. The predicted octanol–water partition coefficient (Wildman–Crippen LogP) is 4.73. The van der Waals surface area contributed by atoms with Crippen molar-refractivity contribution in [2.45, 2.75) is 31.6 Å². The van der Waals surface area contributed by atoms with Gasteiger partial charge in [-0.25, -0.2) is 8.42 Å². The quantitative estimate of drug-likeness (QED) is 0.767. The van der Waals surface area contributed by atoms with Crippen molar-refractivity contribution in [3.8, 4) is 0 Å². The highest BCUT2D eigenvalue weighted by atomic mass is 35.5. The molecule has 5 nitrogen and oxygen atoms in total. The van der Waals surface area contributed by atoms with Gasteiger partial charge in [-0.1, -0.05) is 43.1 Å². The van der Waals surface area contributed by atoms with Gasteiger partial charge in [-0.05, 0) is 48.7 Å². The maximum Gasteiger partial charge on any atom is 0.263 e. The first-order chi connectivity index (χ1) is 12.7. The first-order valence-electron chi connectivity index (χ1n) is 8.61. The van der Waals surface area contributed by atoms with E-state index in [1.165, 1.54) is 18.2 Å². The molecule has 8 heteroatoms. The Bertz CT molecular complexity index is 990. The average Bonchev–Trinajstić information content (AvgIpc) is 2.62. The fourth-order valence-corrected chi connectivity index (χ4v) is 4.89. The van der Waals surface area contributed by atoms with E-state index in [4.69, 9.17) is 23.2 Å². The number of hydrogen-bond acceptors (Lipinski definition) is 3. The van der Waals surface area contributed by atoms with Gasteiger partial charge in [0.2, 0.25) is 5.91 Å². The maximum absolute atomic E-state index is 12.7. The molecule has 0 radical (unpaired) electrons. The highest BCUT2D eigenvalue weighted by Crippen LogP contribution is 2.33. The molecule has 2 aromatic carbocycles. The Kier molecular flexibility index (Phi) is 5.70. The van der Waals surface area contributed by atoms with Crippen molar-refractivity contribution in [3.05, 3.63) is 52.0 Å². The second kappa shape index (κ2) is 7.70. The summed E-state index contributed by atoms with van der Waals surface area (Å²) in [5.74, 6) is -0.115. The number of hydrogen-bond donors (Lipinski definition) is 1. The lowest BCUT2D eigenvalue weighted by atomic mass is 9.99. The van der Waals surface area contributed by atoms with E-state index >= 15 is 0 Å². The van der Waals surface area contributed by atoms with Gasteiger partial charge in [-0.15, -0.1) is 0 Å². The van der Waals surface area contributed by atoms with Gasteiger partial charge in [-0.2, -0.15) is 0 Å². The van der Waals surface area contributed by atoms with Crippen LogP contribution in [-0.4, -0.2) is 20.9 Å². The second-order valence-corrected chi connectivity index (χ2v) is 9.27. The molecule has 1 heterocycles. The molecule has 1 amide bonds. The van der Waals surface area contributed by atoms with Gasteiger partial charge < -0.3 is 4.90 Å². The normalized spacial score (nSPS) is 14.2. The summed E-state index contributed by atoms with van der Waals surface area (Å²) >= 11 is 11.9. The Labute approximate surface area is 169 Å². The summed E-state index contributed by atoms with van der Waals surface area (Å²) < 4.78 is 28.0. The van der Waals surface area contributed by atoms with Gasteiger partial charge in [0.1, 0.15) is 4.90 Å². The molecule has 3 rings (SSSR count). The molecule has 0 atom stereocenters. The second-order valence-electron chi connectivity index (χ2n) is 6.77. The smallest absolute Gasteiger partial charge is 0.263 e. The molecule has 27 heavy (non-hydrogen) atoms. The lowest BCUT2D eigenvalue weighted by molar-refractivity contribution is -0.121. The van der Waals surface area contributed by atoms with Crippen LogP contribution in [0.2, 0.25) is 10.0 Å². The highest BCUT2D eigenvalue weighted by Gasteiger charge is 2.25. The topological polar surface area (TPSA) is 66.5 Å². The van der Waals surface area contributed by atoms with Gasteiger partial charge in [-0.3, -0.25) is 9.52 Å². The van der Waals surface area contributed by atoms with E-state index in [0.29, 0.717) is 12.2 Å². The minimum atomic E-state index is -3.92. The molecule has 0 aliphatic carbocycles. The number of rotatable bonds is 4. The molecule has 0 aromatic heterocycles. The van der Waals surface area contributed by atoms with Crippen LogP contribution in [0.4, 0.5) is 11.4 Å². The van der Waals surface area contributed by atoms with E-state index in [1.807, 2.05) is 19.9 Å². The summed E-state index contributed by atoms with van der Waals surface area (Å²) in [6, 6.07) is 9.51. The number of carbonyl (C=O) groups is 1. The fraction of sp³-hybridized carbons (Fsp3) is 0.316. The van der Waals surface area contributed by atoms with Crippen LogP contribution < -0.4 is 9.62 Å². The lowest BCUT2D eigenvalue weighted by Gasteiger charge is -2.31. The van der Waals surface area contributed by atoms with Crippen molar-refractivity contribution in [2.75, 3.05) is 16.2 Å². The third-order valence-corrected chi connectivity index (χ3v) is 6.50. The summed E-state index contributed by atoms with van der Waals surface area (Å²) in [6.07, 6.45) is 1.74. The van der Waals surface area contributed by atoms with Crippen molar-refractivity contribution in [3.63, 3.8) is 0 Å². The minimum Gasteiger partial charge on any atom is -0.312 e. The Morgan fingerprint density at radius 1 is 1.15 bits per heavy atom. The summed E-state index contributed by atoms with van der Waals surface area (Å²) in [7, 11) is -3.92. The number of amides is 1. The van der Waals surface area contributed by atoms with Crippen molar-refractivity contribution >= 4 is 50.5 Å². The van der Waals surface area contributed by atoms with Crippen LogP contribution in [0.3, 0.4) is 0 Å². The SMILES string of the molecule is CC(C)C(=O)N1CCCc2ccc(NS(=O)(=O)c3cc(Cl)ccc3Cl)cc21.